The molecule has 1 aromatic rings. The third-order valence-corrected chi connectivity index (χ3v) is 5.83. The second kappa shape index (κ2) is 9.77. The fourth-order valence-corrected chi connectivity index (χ4v) is 3.51. The van der Waals surface area contributed by atoms with E-state index in [4.69, 9.17) is 4.74 Å². The van der Waals surface area contributed by atoms with Gasteiger partial charge >= 0.3 is 11.7 Å². The van der Waals surface area contributed by atoms with E-state index in [0.29, 0.717) is 6.54 Å². The van der Waals surface area contributed by atoms with E-state index in [9.17, 15) is 26.8 Å². The number of esters is 1. The molecule has 1 N–H and O–H groups in total. The zero-order valence-electron chi connectivity index (χ0n) is 15.5. The van der Waals surface area contributed by atoms with E-state index in [-0.39, 0.29) is 5.56 Å². The molecule has 6 nitrogen and oxygen atoms in total. The lowest BCUT2D eigenvalue weighted by molar-refractivity contribution is -0.129. The summed E-state index contributed by atoms with van der Waals surface area (Å²) in [6, 6.07) is 3.94. The van der Waals surface area contributed by atoms with Gasteiger partial charge in [-0.25, -0.2) is 13.2 Å². The van der Waals surface area contributed by atoms with Gasteiger partial charge in [0.2, 0.25) is 9.84 Å². The molecule has 28 heavy (non-hydrogen) atoms. The molecule has 1 aromatic carbocycles. The zero-order chi connectivity index (χ0) is 20.7. The molecule has 1 amide bonds. The Morgan fingerprint density at radius 2 is 1.86 bits per heavy atom. The third kappa shape index (κ3) is 5.85. The summed E-state index contributed by atoms with van der Waals surface area (Å²) in [5.74, 6) is -4.83. The number of amides is 1. The molecule has 0 aliphatic heterocycles. The van der Waals surface area contributed by atoms with E-state index < -0.39 is 38.5 Å². The number of carbonyl (C=O) groups excluding carboxylic acids is 2. The second-order valence-electron chi connectivity index (χ2n) is 6.53. The number of sulfone groups is 1. The van der Waals surface area contributed by atoms with Crippen molar-refractivity contribution < 1.29 is 31.5 Å². The van der Waals surface area contributed by atoms with Gasteiger partial charge in [-0.15, -0.1) is 0 Å². The molecule has 0 radical (unpaired) electrons. The van der Waals surface area contributed by atoms with Crippen LogP contribution in [0, 0.1) is 0 Å². The quantitative estimate of drug-likeness (QED) is 0.520. The average molecular weight is 415 g/mol. The Bertz CT molecular complexity index is 834. The van der Waals surface area contributed by atoms with Crippen LogP contribution in [0.3, 0.4) is 0 Å². The van der Waals surface area contributed by atoms with Crippen molar-refractivity contribution in [2.24, 2.45) is 0 Å². The topological polar surface area (TPSA) is 89.5 Å². The van der Waals surface area contributed by atoms with Gasteiger partial charge in [-0.3, -0.25) is 4.79 Å². The standard InChI is InChI=1S/C19H23F2NO5S/c1-13(17(23)22-12-11-14-5-3-2-4-6-14)27-18(24)15-7-9-16(10-8-15)28(25,26)19(20)21/h5,7-10,13,19H,2-4,6,11-12H2,1H3,(H,22,23)/t13-/m1/s1. The van der Waals surface area contributed by atoms with E-state index in [0.717, 1.165) is 49.9 Å². The summed E-state index contributed by atoms with van der Waals surface area (Å²) in [5.41, 5.74) is 1.27. The van der Waals surface area contributed by atoms with Crippen LogP contribution in [0.15, 0.2) is 40.8 Å². The lowest BCUT2D eigenvalue weighted by Crippen LogP contribution is -2.36. The summed E-state index contributed by atoms with van der Waals surface area (Å²) in [4.78, 5) is 23.5. The number of rotatable bonds is 8. The molecule has 2 rings (SSSR count). The number of halogens is 2. The van der Waals surface area contributed by atoms with Gasteiger partial charge in [-0.05, 0) is 63.3 Å². The first-order valence-electron chi connectivity index (χ1n) is 9.00. The Kier molecular flexibility index (Phi) is 7.68. The summed E-state index contributed by atoms with van der Waals surface area (Å²) in [6.07, 6.45) is 6.36. The van der Waals surface area contributed by atoms with Crippen molar-refractivity contribution >= 4 is 21.7 Å². The van der Waals surface area contributed by atoms with E-state index in [1.54, 1.807) is 0 Å². The van der Waals surface area contributed by atoms with Gasteiger partial charge in [-0.2, -0.15) is 8.78 Å². The molecule has 0 spiro atoms. The van der Waals surface area contributed by atoms with Crippen LogP contribution < -0.4 is 5.32 Å². The molecule has 0 bridgehead atoms. The Labute approximate surface area is 162 Å². The third-order valence-electron chi connectivity index (χ3n) is 4.44. The van der Waals surface area contributed by atoms with Crippen molar-refractivity contribution in [2.75, 3.05) is 6.54 Å². The number of ether oxygens (including phenoxy) is 1. The maximum Gasteiger partial charge on any atom is 0.341 e. The van der Waals surface area contributed by atoms with Crippen LogP contribution in [0.25, 0.3) is 0 Å². The highest BCUT2D eigenvalue weighted by Crippen LogP contribution is 2.20. The van der Waals surface area contributed by atoms with E-state index in [1.807, 2.05) is 0 Å². The summed E-state index contributed by atoms with van der Waals surface area (Å²) in [5, 5.41) is 2.71. The molecule has 1 aliphatic carbocycles. The van der Waals surface area contributed by atoms with Crippen LogP contribution >= 0.6 is 0 Å². The number of hydrogen-bond acceptors (Lipinski definition) is 5. The van der Waals surface area contributed by atoms with Gasteiger partial charge in [0.05, 0.1) is 10.5 Å². The highest BCUT2D eigenvalue weighted by Gasteiger charge is 2.27. The molecule has 0 saturated heterocycles. The Morgan fingerprint density at radius 1 is 1.18 bits per heavy atom. The predicted molar refractivity (Wildman–Crippen MR) is 98.7 cm³/mol. The molecule has 0 heterocycles. The molecule has 0 unspecified atom stereocenters. The van der Waals surface area contributed by atoms with Gasteiger partial charge in [0.15, 0.2) is 6.10 Å². The van der Waals surface area contributed by atoms with Gasteiger partial charge in [0.25, 0.3) is 5.91 Å². The van der Waals surface area contributed by atoms with Crippen molar-refractivity contribution in [3.8, 4) is 0 Å². The summed E-state index contributed by atoms with van der Waals surface area (Å²) >= 11 is 0. The Morgan fingerprint density at radius 3 is 2.43 bits per heavy atom. The van der Waals surface area contributed by atoms with Crippen LogP contribution in [0.4, 0.5) is 8.78 Å². The monoisotopic (exact) mass is 415 g/mol. The Balaban J connectivity index is 1.85. The second-order valence-corrected chi connectivity index (χ2v) is 8.44. The fraction of sp³-hybridized carbons (Fsp3) is 0.474. The first kappa shape index (κ1) is 22.0. The van der Waals surface area contributed by atoms with Crippen molar-refractivity contribution in [3.63, 3.8) is 0 Å². The molecule has 1 atom stereocenters. The molecule has 0 saturated carbocycles. The molecule has 9 heteroatoms. The Hall–Kier alpha value is -2.29. The first-order chi connectivity index (χ1) is 13.2. The first-order valence-corrected chi connectivity index (χ1v) is 10.5. The number of allylic oxidation sites excluding steroid dienone is 1. The van der Waals surface area contributed by atoms with Crippen molar-refractivity contribution in [3.05, 3.63) is 41.5 Å². The van der Waals surface area contributed by atoms with Gasteiger partial charge in [0.1, 0.15) is 0 Å². The lowest BCUT2D eigenvalue weighted by atomic mass is 9.97. The van der Waals surface area contributed by atoms with Crippen LogP contribution in [0.5, 0.6) is 0 Å². The minimum atomic E-state index is -4.73. The van der Waals surface area contributed by atoms with Gasteiger partial charge < -0.3 is 10.1 Å². The van der Waals surface area contributed by atoms with E-state index in [2.05, 4.69) is 11.4 Å². The largest absolute Gasteiger partial charge is 0.449 e. The molecule has 154 valence electrons. The molecular formula is C19H23F2NO5S. The van der Waals surface area contributed by atoms with E-state index >= 15 is 0 Å². The fourth-order valence-electron chi connectivity index (χ4n) is 2.79. The minimum absolute atomic E-state index is 0.0415. The average Bonchev–Trinajstić information content (AvgIpc) is 2.68. The van der Waals surface area contributed by atoms with Crippen molar-refractivity contribution in [1.82, 2.24) is 5.32 Å². The normalized spacial score (nSPS) is 15.6. The highest BCUT2D eigenvalue weighted by molar-refractivity contribution is 7.91. The smallest absolute Gasteiger partial charge is 0.341 e. The molecule has 0 fully saturated rings. The van der Waals surface area contributed by atoms with Crippen LogP contribution in [-0.2, 0) is 19.4 Å². The number of hydrogen-bond donors (Lipinski definition) is 1. The lowest BCUT2D eigenvalue weighted by Gasteiger charge is -2.15. The molecule has 1 aliphatic rings. The summed E-state index contributed by atoms with van der Waals surface area (Å²) in [7, 11) is -4.73. The highest BCUT2D eigenvalue weighted by atomic mass is 32.2. The summed E-state index contributed by atoms with van der Waals surface area (Å²) in [6.45, 7) is 1.87. The van der Waals surface area contributed by atoms with Crippen LogP contribution in [0.1, 0.15) is 49.4 Å². The van der Waals surface area contributed by atoms with Crippen molar-refractivity contribution in [2.45, 2.75) is 55.8 Å². The predicted octanol–water partition coefficient (Wildman–Crippen LogP) is 3.23. The molecular weight excluding hydrogens is 392 g/mol. The number of benzene rings is 1. The summed E-state index contributed by atoms with van der Waals surface area (Å²) < 4.78 is 52.8. The van der Waals surface area contributed by atoms with E-state index in [1.165, 1.54) is 18.9 Å². The van der Waals surface area contributed by atoms with Crippen molar-refractivity contribution in [1.29, 1.82) is 0 Å². The number of nitrogens with one attached hydrogen (secondary N) is 1. The minimum Gasteiger partial charge on any atom is -0.449 e. The number of alkyl halides is 2. The number of carbonyl (C=O) groups is 2. The van der Waals surface area contributed by atoms with Crippen LogP contribution in [-0.4, -0.2) is 38.7 Å². The maximum atomic E-state index is 12.5. The zero-order valence-corrected chi connectivity index (χ0v) is 16.3. The SMILES string of the molecule is C[C@@H](OC(=O)c1ccc(S(=O)(=O)C(F)F)cc1)C(=O)NCCC1=CCCCC1. The van der Waals surface area contributed by atoms with Gasteiger partial charge in [-0.1, -0.05) is 11.6 Å². The molecule has 0 aromatic heterocycles. The van der Waals surface area contributed by atoms with Crippen LogP contribution in [0.2, 0.25) is 0 Å². The van der Waals surface area contributed by atoms with Gasteiger partial charge in [0, 0.05) is 6.54 Å². The maximum absolute atomic E-state index is 12.5.